The molecule has 2 rings (SSSR count). The van der Waals surface area contributed by atoms with Crippen molar-refractivity contribution in [2.24, 2.45) is 0 Å². The van der Waals surface area contributed by atoms with E-state index in [0.29, 0.717) is 13.1 Å². The van der Waals surface area contributed by atoms with Crippen molar-refractivity contribution < 1.29 is 9.53 Å². The van der Waals surface area contributed by atoms with E-state index in [-0.39, 0.29) is 24.6 Å². The van der Waals surface area contributed by atoms with E-state index in [1.807, 2.05) is 37.4 Å². The Labute approximate surface area is 101 Å². The van der Waals surface area contributed by atoms with Gasteiger partial charge in [-0.15, -0.1) is 12.4 Å². The molecule has 1 aromatic rings. The molecular weight excluding hydrogens is 228 g/mol. The summed E-state index contributed by atoms with van der Waals surface area (Å²) in [4.78, 5) is 13.2. The SMILES string of the molecule is CNCC1CN(c2ccccc2)C(=O)O1.Cl. The van der Waals surface area contributed by atoms with Gasteiger partial charge in [-0.2, -0.15) is 0 Å². The predicted octanol–water partition coefficient (Wildman–Crippen LogP) is 1.65. The Balaban J connectivity index is 0.00000128. The highest BCUT2D eigenvalue weighted by Gasteiger charge is 2.31. The lowest BCUT2D eigenvalue weighted by Crippen LogP contribution is -2.28. The maximum Gasteiger partial charge on any atom is 0.414 e. The molecule has 0 bridgehead atoms. The van der Waals surface area contributed by atoms with Crippen molar-refractivity contribution in [2.75, 3.05) is 25.0 Å². The number of halogens is 1. The van der Waals surface area contributed by atoms with Crippen molar-refractivity contribution >= 4 is 24.2 Å². The van der Waals surface area contributed by atoms with Crippen LogP contribution in [0.1, 0.15) is 0 Å². The molecule has 1 fully saturated rings. The lowest BCUT2D eigenvalue weighted by Gasteiger charge is -2.12. The first-order valence-corrected chi connectivity index (χ1v) is 4.99. The number of nitrogens with zero attached hydrogens (tertiary/aromatic N) is 1. The van der Waals surface area contributed by atoms with Crippen molar-refractivity contribution in [3.05, 3.63) is 30.3 Å². The topological polar surface area (TPSA) is 41.6 Å². The number of carbonyl (C=O) groups excluding carboxylic acids is 1. The number of hydrogen-bond donors (Lipinski definition) is 1. The first-order valence-electron chi connectivity index (χ1n) is 4.99. The van der Waals surface area contributed by atoms with Gasteiger partial charge in [0.05, 0.1) is 6.54 Å². The second-order valence-corrected chi connectivity index (χ2v) is 3.51. The zero-order valence-corrected chi connectivity index (χ0v) is 9.87. The number of para-hydroxylation sites is 1. The number of benzene rings is 1. The molecule has 1 aliphatic rings. The second-order valence-electron chi connectivity index (χ2n) is 3.51. The van der Waals surface area contributed by atoms with E-state index in [2.05, 4.69) is 5.32 Å². The van der Waals surface area contributed by atoms with Crippen molar-refractivity contribution in [3.63, 3.8) is 0 Å². The molecule has 1 N–H and O–H groups in total. The Kier molecular flexibility index (Phi) is 4.58. The van der Waals surface area contributed by atoms with Gasteiger partial charge in [0.1, 0.15) is 6.10 Å². The van der Waals surface area contributed by atoms with Crippen LogP contribution in [0.25, 0.3) is 0 Å². The molecule has 0 aromatic heterocycles. The van der Waals surface area contributed by atoms with Gasteiger partial charge >= 0.3 is 6.09 Å². The number of carbonyl (C=O) groups is 1. The quantitative estimate of drug-likeness (QED) is 0.877. The molecule has 16 heavy (non-hydrogen) atoms. The zero-order chi connectivity index (χ0) is 10.7. The lowest BCUT2D eigenvalue weighted by atomic mass is 10.3. The Hall–Kier alpha value is -1.26. The molecule has 1 aliphatic heterocycles. The highest BCUT2D eigenvalue weighted by Crippen LogP contribution is 2.20. The molecule has 5 heteroatoms. The molecule has 4 nitrogen and oxygen atoms in total. The van der Waals surface area contributed by atoms with Crippen LogP contribution in [0, 0.1) is 0 Å². The number of amides is 1. The fourth-order valence-corrected chi connectivity index (χ4v) is 1.67. The number of rotatable bonds is 3. The van der Waals surface area contributed by atoms with E-state index in [1.54, 1.807) is 4.90 Å². The van der Waals surface area contributed by atoms with Crippen molar-refractivity contribution in [1.29, 1.82) is 0 Å². The fraction of sp³-hybridized carbons (Fsp3) is 0.364. The van der Waals surface area contributed by atoms with Gasteiger partial charge in [0.15, 0.2) is 0 Å². The van der Waals surface area contributed by atoms with Crippen LogP contribution in [0.3, 0.4) is 0 Å². The highest BCUT2D eigenvalue weighted by atomic mass is 35.5. The minimum absolute atomic E-state index is 0. The average Bonchev–Trinajstić information content (AvgIpc) is 2.61. The molecule has 1 atom stereocenters. The third-order valence-corrected chi connectivity index (χ3v) is 2.37. The van der Waals surface area contributed by atoms with Gasteiger partial charge in [-0.05, 0) is 19.2 Å². The minimum atomic E-state index is -0.263. The van der Waals surface area contributed by atoms with Crippen LogP contribution in [0.15, 0.2) is 30.3 Å². The van der Waals surface area contributed by atoms with E-state index in [1.165, 1.54) is 0 Å². The smallest absolute Gasteiger partial charge is 0.414 e. The minimum Gasteiger partial charge on any atom is -0.443 e. The molecule has 88 valence electrons. The molecule has 1 heterocycles. The number of anilines is 1. The first-order chi connectivity index (χ1) is 7.31. The number of ether oxygens (including phenoxy) is 1. The monoisotopic (exact) mass is 242 g/mol. The van der Waals surface area contributed by atoms with Crippen molar-refractivity contribution in [2.45, 2.75) is 6.10 Å². The second kappa shape index (κ2) is 5.72. The van der Waals surface area contributed by atoms with Gasteiger partial charge in [0, 0.05) is 12.2 Å². The molecule has 0 spiro atoms. The summed E-state index contributed by atoms with van der Waals surface area (Å²) in [7, 11) is 1.85. The number of hydrogen-bond acceptors (Lipinski definition) is 3. The Bertz CT molecular complexity index is 345. The number of likely N-dealkylation sites (N-methyl/N-ethyl adjacent to an activating group) is 1. The summed E-state index contributed by atoms with van der Waals surface area (Å²) in [5.41, 5.74) is 0.890. The summed E-state index contributed by atoms with van der Waals surface area (Å²) in [5, 5.41) is 3.00. The summed E-state index contributed by atoms with van der Waals surface area (Å²) >= 11 is 0. The first kappa shape index (κ1) is 12.8. The van der Waals surface area contributed by atoms with Crippen molar-refractivity contribution in [1.82, 2.24) is 5.32 Å². The Morgan fingerprint density at radius 3 is 2.75 bits per heavy atom. The van der Waals surface area contributed by atoms with Gasteiger partial charge in [-0.1, -0.05) is 18.2 Å². The average molecular weight is 243 g/mol. The Morgan fingerprint density at radius 1 is 1.44 bits per heavy atom. The highest BCUT2D eigenvalue weighted by molar-refractivity contribution is 5.89. The Morgan fingerprint density at radius 2 is 2.12 bits per heavy atom. The van der Waals surface area contributed by atoms with Crippen molar-refractivity contribution in [3.8, 4) is 0 Å². The van der Waals surface area contributed by atoms with Gasteiger partial charge in [-0.3, -0.25) is 4.90 Å². The van der Waals surface area contributed by atoms with E-state index >= 15 is 0 Å². The lowest BCUT2D eigenvalue weighted by molar-refractivity contribution is 0.141. The third-order valence-electron chi connectivity index (χ3n) is 2.37. The molecule has 1 amide bonds. The zero-order valence-electron chi connectivity index (χ0n) is 9.05. The molecule has 0 saturated carbocycles. The molecule has 1 aromatic carbocycles. The standard InChI is InChI=1S/C11H14N2O2.ClH/c1-12-7-10-8-13(11(14)15-10)9-5-3-2-4-6-9;/h2-6,10,12H,7-8H2,1H3;1H. The van der Waals surface area contributed by atoms with Gasteiger partial charge in [0.2, 0.25) is 0 Å². The van der Waals surface area contributed by atoms with Crippen LogP contribution >= 0.6 is 12.4 Å². The maximum absolute atomic E-state index is 11.5. The number of cyclic esters (lactones) is 1. The van der Waals surface area contributed by atoms with Gasteiger partial charge in [-0.25, -0.2) is 4.79 Å². The van der Waals surface area contributed by atoms with E-state index in [9.17, 15) is 4.79 Å². The van der Waals surface area contributed by atoms with Crippen LogP contribution in [0.2, 0.25) is 0 Å². The summed E-state index contributed by atoms with van der Waals surface area (Å²) in [5.74, 6) is 0. The molecule has 1 saturated heterocycles. The van der Waals surface area contributed by atoms with E-state index < -0.39 is 0 Å². The molecular formula is C11H15ClN2O2. The predicted molar refractivity (Wildman–Crippen MR) is 65.2 cm³/mol. The molecule has 1 unspecified atom stereocenters. The van der Waals surface area contributed by atoms with Crippen LogP contribution in [0.4, 0.5) is 10.5 Å². The van der Waals surface area contributed by atoms with Crippen LogP contribution in [-0.4, -0.2) is 32.3 Å². The summed E-state index contributed by atoms with van der Waals surface area (Å²) in [6.07, 6.45) is -0.316. The van der Waals surface area contributed by atoms with Gasteiger partial charge in [0.25, 0.3) is 0 Å². The maximum atomic E-state index is 11.5. The summed E-state index contributed by atoms with van der Waals surface area (Å²) in [6.45, 7) is 1.30. The number of nitrogens with one attached hydrogen (secondary N) is 1. The summed E-state index contributed by atoms with van der Waals surface area (Å²) < 4.78 is 5.19. The van der Waals surface area contributed by atoms with Crippen LogP contribution in [0.5, 0.6) is 0 Å². The summed E-state index contributed by atoms with van der Waals surface area (Å²) in [6, 6.07) is 9.56. The molecule has 0 aliphatic carbocycles. The van der Waals surface area contributed by atoms with E-state index in [0.717, 1.165) is 5.69 Å². The largest absolute Gasteiger partial charge is 0.443 e. The normalized spacial score (nSPS) is 19.2. The van der Waals surface area contributed by atoms with Crippen LogP contribution < -0.4 is 10.2 Å². The fourth-order valence-electron chi connectivity index (χ4n) is 1.67. The van der Waals surface area contributed by atoms with Crippen LogP contribution in [-0.2, 0) is 4.74 Å². The molecule has 0 radical (unpaired) electrons. The van der Waals surface area contributed by atoms with E-state index in [4.69, 9.17) is 4.74 Å². The van der Waals surface area contributed by atoms with Gasteiger partial charge < -0.3 is 10.1 Å². The third kappa shape index (κ3) is 2.65.